The van der Waals surface area contributed by atoms with Gasteiger partial charge in [-0.1, -0.05) is 11.6 Å². The van der Waals surface area contributed by atoms with Crippen molar-refractivity contribution in [3.63, 3.8) is 0 Å². The standard InChI is InChI=1S/C13H11ClN2O2/c1-18-12-7-6-11(8-15-12)16-13(17)9-2-4-10(14)5-3-9/h2-8H,1H3,(H,16,17). The van der Waals surface area contributed by atoms with Gasteiger partial charge in [0.15, 0.2) is 0 Å². The summed E-state index contributed by atoms with van der Waals surface area (Å²) in [5.41, 5.74) is 1.14. The molecule has 0 unspecified atom stereocenters. The number of amides is 1. The summed E-state index contributed by atoms with van der Waals surface area (Å²) < 4.78 is 4.93. The number of anilines is 1. The summed E-state index contributed by atoms with van der Waals surface area (Å²) >= 11 is 5.75. The number of carbonyl (C=O) groups is 1. The van der Waals surface area contributed by atoms with Crippen LogP contribution in [0, 0.1) is 0 Å². The molecule has 1 aromatic heterocycles. The second-order valence-electron chi connectivity index (χ2n) is 3.55. The maximum atomic E-state index is 11.9. The third-order valence-electron chi connectivity index (χ3n) is 2.31. The molecule has 0 aliphatic rings. The lowest BCUT2D eigenvalue weighted by Gasteiger charge is -2.05. The van der Waals surface area contributed by atoms with Crippen LogP contribution in [0.1, 0.15) is 10.4 Å². The van der Waals surface area contributed by atoms with Gasteiger partial charge in [0.25, 0.3) is 5.91 Å². The molecule has 5 heteroatoms. The quantitative estimate of drug-likeness (QED) is 0.925. The normalized spacial score (nSPS) is 9.89. The second-order valence-corrected chi connectivity index (χ2v) is 3.99. The molecule has 0 saturated carbocycles. The van der Waals surface area contributed by atoms with Crippen molar-refractivity contribution in [1.82, 2.24) is 4.98 Å². The third-order valence-corrected chi connectivity index (χ3v) is 2.56. The fraction of sp³-hybridized carbons (Fsp3) is 0.0769. The van der Waals surface area contributed by atoms with Gasteiger partial charge in [0, 0.05) is 16.7 Å². The van der Waals surface area contributed by atoms with Crippen molar-refractivity contribution in [2.45, 2.75) is 0 Å². The molecule has 0 spiro atoms. The van der Waals surface area contributed by atoms with Crippen LogP contribution in [0.5, 0.6) is 5.88 Å². The van der Waals surface area contributed by atoms with Gasteiger partial charge in [-0.3, -0.25) is 4.79 Å². The Balaban J connectivity index is 2.08. The van der Waals surface area contributed by atoms with E-state index in [1.165, 1.54) is 13.3 Å². The zero-order valence-corrected chi connectivity index (χ0v) is 10.4. The molecule has 1 heterocycles. The molecule has 1 aromatic carbocycles. The maximum absolute atomic E-state index is 11.9. The zero-order chi connectivity index (χ0) is 13.0. The van der Waals surface area contributed by atoms with Crippen LogP contribution in [-0.4, -0.2) is 18.0 Å². The van der Waals surface area contributed by atoms with E-state index in [0.29, 0.717) is 22.2 Å². The number of aromatic nitrogens is 1. The molecule has 4 nitrogen and oxygen atoms in total. The summed E-state index contributed by atoms with van der Waals surface area (Å²) in [6.45, 7) is 0. The summed E-state index contributed by atoms with van der Waals surface area (Å²) in [6.07, 6.45) is 1.53. The topological polar surface area (TPSA) is 51.2 Å². The van der Waals surface area contributed by atoms with Crippen molar-refractivity contribution in [3.8, 4) is 5.88 Å². The van der Waals surface area contributed by atoms with Gasteiger partial charge in [-0.2, -0.15) is 0 Å². The lowest BCUT2D eigenvalue weighted by molar-refractivity contribution is 0.102. The molecule has 1 N–H and O–H groups in total. The average molecular weight is 263 g/mol. The van der Waals surface area contributed by atoms with E-state index in [9.17, 15) is 4.79 Å². The molecule has 0 fully saturated rings. The Labute approximate surface area is 110 Å². The Hall–Kier alpha value is -2.07. The van der Waals surface area contributed by atoms with Crippen molar-refractivity contribution in [2.24, 2.45) is 0 Å². The number of carbonyl (C=O) groups excluding carboxylic acids is 1. The van der Waals surface area contributed by atoms with Crippen molar-refractivity contribution >= 4 is 23.2 Å². The van der Waals surface area contributed by atoms with Crippen LogP contribution in [-0.2, 0) is 0 Å². The van der Waals surface area contributed by atoms with Crippen LogP contribution in [0.3, 0.4) is 0 Å². The second kappa shape index (κ2) is 5.51. The zero-order valence-electron chi connectivity index (χ0n) is 9.68. The van der Waals surface area contributed by atoms with Crippen molar-refractivity contribution < 1.29 is 9.53 Å². The summed E-state index contributed by atoms with van der Waals surface area (Å²) in [4.78, 5) is 15.9. The van der Waals surface area contributed by atoms with Crippen LogP contribution in [0.25, 0.3) is 0 Å². The highest BCUT2D eigenvalue weighted by Crippen LogP contribution is 2.14. The molecule has 0 saturated heterocycles. The fourth-order valence-electron chi connectivity index (χ4n) is 1.38. The van der Waals surface area contributed by atoms with E-state index in [-0.39, 0.29) is 5.91 Å². The number of hydrogen-bond donors (Lipinski definition) is 1. The number of halogens is 1. The molecule has 0 radical (unpaired) electrons. The lowest BCUT2D eigenvalue weighted by Crippen LogP contribution is -2.11. The number of ether oxygens (including phenoxy) is 1. The van der Waals surface area contributed by atoms with E-state index in [2.05, 4.69) is 10.3 Å². The van der Waals surface area contributed by atoms with Gasteiger partial charge in [0.1, 0.15) is 0 Å². The molecule has 2 rings (SSSR count). The fourth-order valence-corrected chi connectivity index (χ4v) is 1.51. The van der Waals surface area contributed by atoms with Crippen LogP contribution in [0.15, 0.2) is 42.6 Å². The molecular formula is C13H11ClN2O2. The van der Waals surface area contributed by atoms with Crippen LogP contribution < -0.4 is 10.1 Å². The largest absolute Gasteiger partial charge is 0.481 e. The monoisotopic (exact) mass is 262 g/mol. The van der Waals surface area contributed by atoms with Gasteiger partial charge in [-0.25, -0.2) is 4.98 Å². The number of rotatable bonds is 3. The average Bonchev–Trinajstić information content (AvgIpc) is 2.40. The van der Waals surface area contributed by atoms with Gasteiger partial charge >= 0.3 is 0 Å². The SMILES string of the molecule is COc1ccc(NC(=O)c2ccc(Cl)cc2)cn1. The Kier molecular flexibility index (Phi) is 3.79. The summed E-state index contributed by atoms with van der Waals surface area (Å²) in [7, 11) is 1.54. The predicted molar refractivity (Wildman–Crippen MR) is 70.2 cm³/mol. The predicted octanol–water partition coefficient (Wildman–Crippen LogP) is 3.00. The number of nitrogens with zero attached hydrogens (tertiary/aromatic N) is 1. The Morgan fingerprint density at radius 3 is 2.50 bits per heavy atom. The lowest BCUT2D eigenvalue weighted by atomic mass is 10.2. The number of hydrogen-bond acceptors (Lipinski definition) is 3. The van der Waals surface area contributed by atoms with Crippen molar-refractivity contribution in [1.29, 1.82) is 0 Å². The molecular weight excluding hydrogens is 252 g/mol. The van der Waals surface area contributed by atoms with Crippen LogP contribution in [0.4, 0.5) is 5.69 Å². The van der Waals surface area contributed by atoms with E-state index in [1.54, 1.807) is 36.4 Å². The molecule has 0 aliphatic heterocycles. The van der Waals surface area contributed by atoms with Gasteiger partial charge < -0.3 is 10.1 Å². The van der Waals surface area contributed by atoms with E-state index in [4.69, 9.17) is 16.3 Å². The minimum absolute atomic E-state index is 0.210. The summed E-state index contributed by atoms with van der Waals surface area (Å²) in [5.74, 6) is 0.290. The molecule has 0 atom stereocenters. The Morgan fingerprint density at radius 1 is 1.22 bits per heavy atom. The summed E-state index contributed by atoms with van der Waals surface area (Å²) in [5, 5.41) is 3.32. The molecule has 1 amide bonds. The summed E-state index contributed by atoms with van der Waals surface area (Å²) in [6, 6.07) is 10.1. The third kappa shape index (κ3) is 2.99. The first-order valence-electron chi connectivity index (χ1n) is 5.26. The van der Waals surface area contributed by atoms with Crippen LogP contribution in [0.2, 0.25) is 5.02 Å². The van der Waals surface area contributed by atoms with Gasteiger partial charge in [0.2, 0.25) is 5.88 Å². The molecule has 18 heavy (non-hydrogen) atoms. The van der Waals surface area contributed by atoms with Crippen LogP contribution >= 0.6 is 11.6 Å². The minimum Gasteiger partial charge on any atom is -0.481 e. The first-order chi connectivity index (χ1) is 8.69. The number of benzene rings is 1. The van der Waals surface area contributed by atoms with Gasteiger partial charge in [-0.05, 0) is 30.3 Å². The smallest absolute Gasteiger partial charge is 0.255 e. The Bertz CT molecular complexity index is 538. The molecule has 92 valence electrons. The van der Waals surface area contributed by atoms with Gasteiger partial charge in [-0.15, -0.1) is 0 Å². The highest BCUT2D eigenvalue weighted by Gasteiger charge is 2.06. The highest BCUT2D eigenvalue weighted by atomic mass is 35.5. The Morgan fingerprint density at radius 2 is 1.94 bits per heavy atom. The van der Waals surface area contributed by atoms with Crippen molar-refractivity contribution in [3.05, 3.63) is 53.2 Å². The van der Waals surface area contributed by atoms with E-state index in [1.807, 2.05) is 0 Å². The van der Waals surface area contributed by atoms with E-state index >= 15 is 0 Å². The first-order valence-corrected chi connectivity index (χ1v) is 5.64. The van der Waals surface area contributed by atoms with E-state index < -0.39 is 0 Å². The van der Waals surface area contributed by atoms with E-state index in [0.717, 1.165) is 0 Å². The minimum atomic E-state index is -0.210. The molecule has 2 aromatic rings. The van der Waals surface area contributed by atoms with Gasteiger partial charge in [0.05, 0.1) is 19.0 Å². The molecule has 0 bridgehead atoms. The highest BCUT2D eigenvalue weighted by molar-refractivity contribution is 6.30. The number of pyridine rings is 1. The van der Waals surface area contributed by atoms with Crippen molar-refractivity contribution in [2.75, 3.05) is 12.4 Å². The molecule has 0 aliphatic carbocycles. The first kappa shape index (κ1) is 12.4. The number of nitrogens with one attached hydrogen (secondary N) is 1. The maximum Gasteiger partial charge on any atom is 0.255 e. The number of methoxy groups -OCH3 is 1.